The van der Waals surface area contributed by atoms with Crippen molar-refractivity contribution in [2.45, 2.75) is 32.7 Å². The maximum Gasteiger partial charge on any atom is 0.573 e. The number of halogens is 3. The molecule has 0 bridgehead atoms. The Kier molecular flexibility index (Phi) is 7.12. The Morgan fingerprint density at radius 2 is 1.84 bits per heavy atom. The molecule has 9 nitrogen and oxygen atoms in total. The molecule has 1 fully saturated rings. The molecular formula is C26H26F3N7O2. The number of ether oxygens (including phenoxy) is 1. The first-order chi connectivity index (χ1) is 18.3. The van der Waals surface area contributed by atoms with Gasteiger partial charge in [-0.25, -0.2) is 9.67 Å². The first kappa shape index (κ1) is 25.4. The van der Waals surface area contributed by atoms with Gasteiger partial charge < -0.3 is 19.2 Å². The quantitative estimate of drug-likeness (QED) is 0.293. The Bertz CT molecular complexity index is 1390. The van der Waals surface area contributed by atoms with Gasteiger partial charge in [0, 0.05) is 30.9 Å². The van der Waals surface area contributed by atoms with Gasteiger partial charge in [0.25, 0.3) is 5.89 Å². The first-order valence-corrected chi connectivity index (χ1v) is 12.2. The van der Waals surface area contributed by atoms with Crippen LogP contribution in [0.4, 0.5) is 18.9 Å². The largest absolute Gasteiger partial charge is 0.573 e. The number of nitrogens with zero attached hydrogens (tertiary/aromatic N) is 7. The first-order valence-electron chi connectivity index (χ1n) is 12.2. The lowest BCUT2D eigenvalue weighted by molar-refractivity contribution is -0.274. The van der Waals surface area contributed by atoms with Crippen molar-refractivity contribution in [1.82, 2.24) is 24.9 Å². The summed E-state index contributed by atoms with van der Waals surface area (Å²) in [6.45, 7) is 8.79. The van der Waals surface area contributed by atoms with Crippen LogP contribution in [0, 0.1) is 12.8 Å². The number of rotatable bonds is 8. The van der Waals surface area contributed by atoms with E-state index in [1.165, 1.54) is 30.0 Å². The van der Waals surface area contributed by atoms with E-state index in [1.807, 2.05) is 13.0 Å². The summed E-state index contributed by atoms with van der Waals surface area (Å²) in [6, 6.07) is 13.6. The Labute approximate surface area is 217 Å². The average molecular weight is 526 g/mol. The fourth-order valence-electron chi connectivity index (χ4n) is 4.48. The maximum atomic E-state index is 12.4. The third-order valence-corrected chi connectivity index (χ3v) is 6.43. The Morgan fingerprint density at radius 3 is 2.55 bits per heavy atom. The van der Waals surface area contributed by atoms with Crippen molar-refractivity contribution in [3.8, 4) is 28.9 Å². The van der Waals surface area contributed by atoms with Crippen LogP contribution in [0.2, 0.25) is 0 Å². The zero-order valence-corrected chi connectivity index (χ0v) is 20.7. The van der Waals surface area contributed by atoms with Gasteiger partial charge in [-0.3, -0.25) is 0 Å². The van der Waals surface area contributed by atoms with Crippen molar-refractivity contribution >= 4 is 12.4 Å². The molecule has 0 unspecified atom stereocenters. The van der Waals surface area contributed by atoms with Crippen molar-refractivity contribution in [2.24, 2.45) is 10.9 Å². The number of anilines is 1. The molecule has 0 atom stereocenters. The summed E-state index contributed by atoms with van der Waals surface area (Å²) in [7, 11) is 0. The van der Waals surface area contributed by atoms with E-state index in [2.05, 4.69) is 59.8 Å². The van der Waals surface area contributed by atoms with Gasteiger partial charge in [0.1, 0.15) is 11.6 Å². The zero-order valence-electron chi connectivity index (χ0n) is 20.7. The van der Waals surface area contributed by atoms with E-state index in [9.17, 15) is 13.2 Å². The number of alkyl halides is 3. The van der Waals surface area contributed by atoms with Crippen LogP contribution < -0.4 is 9.64 Å². The number of hydrogen-bond acceptors (Lipinski definition) is 8. The minimum Gasteiger partial charge on any atom is -0.406 e. The molecule has 1 aliphatic heterocycles. The molecule has 0 amide bonds. The van der Waals surface area contributed by atoms with Crippen LogP contribution >= 0.6 is 0 Å². The van der Waals surface area contributed by atoms with Crippen LogP contribution in [0.5, 0.6) is 5.75 Å². The summed E-state index contributed by atoms with van der Waals surface area (Å²) >= 11 is 0. The Morgan fingerprint density at radius 1 is 1.08 bits per heavy atom. The molecule has 3 heterocycles. The van der Waals surface area contributed by atoms with E-state index in [0.29, 0.717) is 23.9 Å². The van der Waals surface area contributed by atoms with E-state index in [4.69, 9.17) is 4.52 Å². The van der Waals surface area contributed by atoms with Crippen LogP contribution in [0.15, 0.2) is 58.0 Å². The van der Waals surface area contributed by atoms with Gasteiger partial charge in [0.15, 0.2) is 0 Å². The predicted molar refractivity (Wildman–Crippen MR) is 135 cm³/mol. The average Bonchev–Trinajstić information content (AvgIpc) is 3.52. The second kappa shape index (κ2) is 10.6. The number of hydrogen-bond donors (Lipinski definition) is 0. The Hall–Kier alpha value is -4.22. The normalized spacial score (nSPS) is 14.6. The number of piperidine rings is 1. The lowest BCUT2D eigenvalue weighted by Crippen LogP contribution is -2.34. The number of aryl methyl sites for hydroxylation is 1. The minimum absolute atomic E-state index is 0.114. The van der Waals surface area contributed by atoms with Gasteiger partial charge in [-0.1, -0.05) is 17.3 Å². The zero-order chi connectivity index (χ0) is 26.7. The molecule has 2 aromatic carbocycles. The van der Waals surface area contributed by atoms with Gasteiger partial charge in [-0.15, -0.1) is 18.3 Å². The van der Waals surface area contributed by atoms with Crippen LogP contribution in [-0.2, 0) is 6.54 Å². The molecule has 1 aliphatic rings. The number of benzene rings is 2. The molecule has 198 valence electrons. The predicted octanol–water partition coefficient (Wildman–Crippen LogP) is 5.17. The van der Waals surface area contributed by atoms with Crippen LogP contribution in [-0.4, -0.2) is 57.6 Å². The smallest absolute Gasteiger partial charge is 0.406 e. The highest BCUT2D eigenvalue weighted by molar-refractivity contribution is 5.58. The topological polar surface area (TPSA) is 94.5 Å². The number of aliphatic imine (C=N–C) groups is 1. The summed E-state index contributed by atoms with van der Waals surface area (Å²) in [5, 5.41) is 8.46. The molecule has 0 N–H and O–H groups in total. The standard InChI is InChI=1S/C26H26F3N7O2/c1-17-31-24(25-32-23(34-38-25)20-6-8-22(9-7-20)37-26(27,28)29)33-36(17)16-19-4-3-5-21(14-19)35-12-10-18(11-13-35)15-30-2/h3-9,14,18H,2,10-13,15-16H2,1H3. The highest BCUT2D eigenvalue weighted by Crippen LogP contribution is 2.27. The van der Waals surface area contributed by atoms with Crippen molar-refractivity contribution in [1.29, 1.82) is 0 Å². The van der Waals surface area contributed by atoms with Gasteiger partial charge in [-0.2, -0.15) is 4.98 Å². The summed E-state index contributed by atoms with van der Waals surface area (Å²) in [6.07, 6.45) is -2.55. The van der Waals surface area contributed by atoms with E-state index >= 15 is 0 Å². The second-order valence-corrected chi connectivity index (χ2v) is 9.14. The van der Waals surface area contributed by atoms with Crippen molar-refractivity contribution in [3.05, 3.63) is 59.9 Å². The third kappa shape index (κ3) is 6.01. The summed E-state index contributed by atoms with van der Waals surface area (Å²) in [5.74, 6) is 1.54. The van der Waals surface area contributed by atoms with Crippen LogP contribution in [0.25, 0.3) is 23.1 Å². The van der Waals surface area contributed by atoms with Crippen molar-refractivity contribution < 1.29 is 22.4 Å². The van der Waals surface area contributed by atoms with Gasteiger partial charge in [0.2, 0.25) is 11.6 Å². The molecule has 12 heteroatoms. The van der Waals surface area contributed by atoms with E-state index in [1.54, 1.807) is 4.68 Å². The minimum atomic E-state index is -4.76. The molecule has 0 saturated carbocycles. The van der Waals surface area contributed by atoms with E-state index < -0.39 is 6.36 Å². The van der Waals surface area contributed by atoms with Gasteiger partial charge >= 0.3 is 6.36 Å². The van der Waals surface area contributed by atoms with E-state index in [-0.39, 0.29) is 23.3 Å². The van der Waals surface area contributed by atoms with Crippen LogP contribution in [0.3, 0.4) is 0 Å². The summed E-state index contributed by atoms with van der Waals surface area (Å²) in [4.78, 5) is 15.2. The molecule has 0 spiro atoms. The van der Waals surface area contributed by atoms with Crippen molar-refractivity contribution in [2.75, 3.05) is 24.5 Å². The van der Waals surface area contributed by atoms with Gasteiger partial charge in [-0.05, 0) is 74.4 Å². The summed E-state index contributed by atoms with van der Waals surface area (Å²) in [5.41, 5.74) is 2.73. The molecule has 4 aromatic rings. The third-order valence-electron chi connectivity index (χ3n) is 6.43. The molecule has 0 radical (unpaired) electrons. The lowest BCUT2D eigenvalue weighted by Gasteiger charge is -2.33. The fourth-order valence-corrected chi connectivity index (χ4v) is 4.48. The van der Waals surface area contributed by atoms with Gasteiger partial charge in [0.05, 0.1) is 6.54 Å². The molecule has 2 aromatic heterocycles. The second-order valence-electron chi connectivity index (χ2n) is 9.14. The molecule has 5 rings (SSSR count). The Balaban J connectivity index is 1.26. The molecule has 1 saturated heterocycles. The SMILES string of the molecule is C=NCC1CCN(c2cccc(Cn3nc(-c4nc(-c5ccc(OC(F)(F)F)cc5)no4)nc3C)c2)CC1. The fraction of sp³-hybridized carbons (Fsp3) is 0.346. The van der Waals surface area contributed by atoms with Crippen LogP contribution in [0.1, 0.15) is 24.2 Å². The highest BCUT2D eigenvalue weighted by Gasteiger charge is 2.31. The van der Waals surface area contributed by atoms with Crippen molar-refractivity contribution in [3.63, 3.8) is 0 Å². The maximum absolute atomic E-state index is 12.4. The van der Waals surface area contributed by atoms with E-state index in [0.717, 1.165) is 38.0 Å². The molecular weight excluding hydrogens is 499 g/mol. The number of aromatic nitrogens is 5. The lowest BCUT2D eigenvalue weighted by atomic mass is 9.96. The molecule has 0 aliphatic carbocycles. The summed E-state index contributed by atoms with van der Waals surface area (Å²) < 4.78 is 48.1. The molecule has 38 heavy (non-hydrogen) atoms. The monoisotopic (exact) mass is 525 g/mol. The highest BCUT2D eigenvalue weighted by atomic mass is 19.4.